The molecule has 0 amide bonds. The van der Waals surface area contributed by atoms with E-state index in [0.29, 0.717) is 11.1 Å². The third-order valence-corrected chi connectivity index (χ3v) is 6.03. The first kappa shape index (κ1) is 14.3. The van der Waals surface area contributed by atoms with Crippen LogP contribution in [0, 0.1) is 0 Å². The van der Waals surface area contributed by atoms with E-state index >= 15 is 0 Å². The molecular weight excluding hydrogens is 228 g/mol. The second-order valence-electron chi connectivity index (χ2n) is 5.09. The normalized spacial score (nSPS) is 13.4. The maximum atomic E-state index is 6.09. The van der Waals surface area contributed by atoms with Gasteiger partial charge in [0.05, 0.1) is 0 Å². The van der Waals surface area contributed by atoms with Crippen molar-refractivity contribution in [2.24, 2.45) is 0 Å². The summed E-state index contributed by atoms with van der Waals surface area (Å²) in [7, 11) is -1.20. The summed E-state index contributed by atoms with van der Waals surface area (Å²) in [5.41, 5.74) is 1.27. The maximum absolute atomic E-state index is 6.09. The summed E-state index contributed by atoms with van der Waals surface area (Å²) in [4.78, 5) is 0. The zero-order chi connectivity index (χ0) is 12.8. The maximum Gasteiger partial charge on any atom is 0.187 e. The highest BCUT2D eigenvalue weighted by molar-refractivity contribution is 6.55. The molecule has 0 spiro atoms. The lowest BCUT2D eigenvalue weighted by Crippen LogP contribution is -2.32. The van der Waals surface area contributed by atoms with Gasteiger partial charge in [-0.3, -0.25) is 0 Å². The number of ether oxygens (including phenoxy) is 1. The van der Waals surface area contributed by atoms with Crippen LogP contribution in [0.25, 0.3) is 0 Å². The van der Waals surface area contributed by atoms with Crippen molar-refractivity contribution in [1.82, 2.24) is 0 Å². The van der Waals surface area contributed by atoms with E-state index in [9.17, 15) is 0 Å². The van der Waals surface area contributed by atoms with Gasteiger partial charge in [-0.25, -0.2) is 0 Å². The lowest BCUT2D eigenvalue weighted by molar-refractivity contribution is 0.0165. The SMILES string of the molecule is CC(Oc1ccccc1)O[SiH](C(C)C)C(C)C. The molecule has 1 atom stereocenters. The smallest absolute Gasteiger partial charge is 0.187 e. The fourth-order valence-electron chi connectivity index (χ4n) is 2.02. The molecule has 0 saturated heterocycles. The minimum atomic E-state index is -1.20. The molecule has 0 radical (unpaired) electrons. The molecule has 2 nitrogen and oxygen atoms in total. The van der Waals surface area contributed by atoms with E-state index in [1.165, 1.54) is 0 Å². The van der Waals surface area contributed by atoms with Crippen LogP contribution in [-0.2, 0) is 4.43 Å². The number of rotatable bonds is 6. The van der Waals surface area contributed by atoms with Gasteiger partial charge < -0.3 is 9.16 Å². The Morgan fingerprint density at radius 1 is 0.882 bits per heavy atom. The van der Waals surface area contributed by atoms with Crippen molar-refractivity contribution in [3.8, 4) is 5.75 Å². The Bertz CT molecular complexity index is 303. The van der Waals surface area contributed by atoms with Crippen LogP contribution in [0.5, 0.6) is 5.75 Å². The van der Waals surface area contributed by atoms with E-state index in [4.69, 9.17) is 9.16 Å². The van der Waals surface area contributed by atoms with E-state index in [-0.39, 0.29) is 6.29 Å². The summed E-state index contributed by atoms with van der Waals surface area (Å²) in [6, 6.07) is 9.85. The van der Waals surface area contributed by atoms with E-state index in [1.807, 2.05) is 37.3 Å². The molecule has 0 saturated carbocycles. The summed E-state index contributed by atoms with van der Waals surface area (Å²) in [5.74, 6) is 0.875. The second kappa shape index (κ2) is 6.82. The molecule has 0 aliphatic carbocycles. The van der Waals surface area contributed by atoms with Crippen molar-refractivity contribution < 1.29 is 9.16 Å². The third-order valence-electron chi connectivity index (χ3n) is 2.71. The average molecular weight is 252 g/mol. The van der Waals surface area contributed by atoms with Gasteiger partial charge in [-0.05, 0) is 30.1 Å². The number of hydrogen-bond acceptors (Lipinski definition) is 2. The van der Waals surface area contributed by atoms with Crippen LogP contribution in [-0.4, -0.2) is 15.3 Å². The first-order valence-corrected chi connectivity index (χ1v) is 8.18. The van der Waals surface area contributed by atoms with Gasteiger partial charge in [0, 0.05) is 0 Å². The monoisotopic (exact) mass is 252 g/mol. The van der Waals surface area contributed by atoms with Gasteiger partial charge in [0.25, 0.3) is 0 Å². The molecule has 1 unspecified atom stereocenters. The molecule has 17 heavy (non-hydrogen) atoms. The standard InChI is InChI=1S/C14H24O2Si/c1-11(2)17(12(3)4)16-13(5)15-14-9-7-6-8-10-14/h6-13,17H,1-5H3. The molecule has 0 aromatic heterocycles. The Morgan fingerprint density at radius 2 is 1.41 bits per heavy atom. The first-order chi connectivity index (χ1) is 8.00. The van der Waals surface area contributed by atoms with Crippen LogP contribution < -0.4 is 4.74 Å². The minimum absolute atomic E-state index is 0.154. The van der Waals surface area contributed by atoms with E-state index < -0.39 is 9.04 Å². The molecule has 1 aromatic carbocycles. The molecule has 0 fully saturated rings. The fourth-order valence-corrected chi connectivity index (χ4v) is 4.69. The molecule has 0 N–H and O–H groups in total. The fraction of sp³-hybridized carbons (Fsp3) is 0.571. The molecule has 0 bridgehead atoms. The Kier molecular flexibility index (Phi) is 5.72. The van der Waals surface area contributed by atoms with Gasteiger partial charge in [-0.15, -0.1) is 0 Å². The topological polar surface area (TPSA) is 18.5 Å². The van der Waals surface area contributed by atoms with Crippen LogP contribution in [0.2, 0.25) is 11.1 Å². The van der Waals surface area contributed by atoms with Gasteiger partial charge in [0.2, 0.25) is 0 Å². The summed E-state index contributed by atoms with van der Waals surface area (Å²) in [6.07, 6.45) is -0.154. The molecule has 0 heterocycles. The lowest BCUT2D eigenvalue weighted by Gasteiger charge is -2.27. The van der Waals surface area contributed by atoms with Crippen molar-refractivity contribution in [3.63, 3.8) is 0 Å². The molecule has 1 aromatic rings. The van der Waals surface area contributed by atoms with Crippen molar-refractivity contribution in [2.75, 3.05) is 0 Å². The van der Waals surface area contributed by atoms with Crippen LogP contribution in [0.3, 0.4) is 0 Å². The molecule has 96 valence electrons. The van der Waals surface area contributed by atoms with E-state index in [1.54, 1.807) is 0 Å². The highest BCUT2D eigenvalue weighted by Crippen LogP contribution is 2.23. The number of hydrogen-bond donors (Lipinski definition) is 0. The first-order valence-electron chi connectivity index (χ1n) is 6.38. The summed E-state index contributed by atoms with van der Waals surface area (Å²) in [5, 5.41) is 0. The third kappa shape index (κ3) is 4.92. The van der Waals surface area contributed by atoms with E-state index in [2.05, 4.69) is 27.7 Å². The Morgan fingerprint density at radius 3 is 1.88 bits per heavy atom. The lowest BCUT2D eigenvalue weighted by atomic mass is 10.3. The summed E-state index contributed by atoms with van der Waals surface area (Å²) in [6.45, 7) is 11.0. The van der Waals surface area contributed by atoms with Gasteiger partial charge in [0.15, 0.2) is 15.3 Å². The van der Waals surface area contributed by atoms with Crippen molar-refractivity contribution in [2.45, 2.75) is 52.0 Å². The van der Waals surface area contributed by atoms with Crippen LogP contribution >= 0.6 is 0 Å². The summed E-state index contributed by atoms with van der Waals surface area (Å²) >= 11 is 0. The predicted molar refractivity (Wildman–Crippen MR) is 75.0 cm³/mol. The Labute approximate surface area is 107 Å². The van der Waals surface area contributed by atoms with Gasteiger partial charge in [-0.2, -0.15) is 0 Å². The van der Waals surface area contributed by atoms with Crippen molar-refractivity contribution in [1.29, 1.82) is 0 Å². The zero-order valence-corrected chi connectivity index (χ0v) is 12.7. The quantitative estimate of drug-likeness (QED) is 0.563. The van der Waals surface area contributed by atoms with Crippen molar-refractivity contribution in [3.05, 3.63) is 30.3 Å². The predicted octanol–water partition coefficient (Wildman–Crippen LogP) is 3.97. The largest absolute Gasteiger partial charge is 0.466 e. The molecule has 0 aliphatic rings. The number of para-hydroxylation sites is 1. The molecule has 0 aliphatic heterocycles. The summed E-state index contributed by atoms with van der Waals surface area (Å²) < 4.78 is 11.9. The van der Waals surface area contributed by atoms with Gasteiger partial charge >= 0.3 is 0 Å². The van der Waals surface area contributed by atoms with Crippen LogP contribution in [0.1, 0.15) is 34.6 Å². The minimum Gasteiger partial charge on any atom is -0.466 e. The van der Waals surface area contributed by atoms with Gasteiger partial charge in [-0.1, -0.05) is 45.9 Å². The molecule has 3 heteroatoms. The zero-order valence-electron chi connectivity index (χ0n) is 11.5. The number of benzene rings is 1. The highest BCUT2D eigenvalue weighted by Gasteiger charge is 2.23. The Hall–Kier alpha value is -0.803. The second-order valence-corrected chi connectivity index (χ2v) is 8.96. The van der Waals surface area contributed by atoms with Crippen LogP contribution in [0.4, 0.5) is 0 Å². The average Bonchev–Trinajstić information content (AvgIpc) is 2.26. The van der Waals surface area contributed by atoms with E-state index in [0.717, 1.165) is 5.75 Å². The van der Waals surface area contributed by atoms with Crippen LogP contribution in [0.15, 0.2) is 30.3 Å². The van der Waals surface area contributed by atoms with Crippen molar-refractivity contribution >= 4 is 9.04 Å². The van der Waals surface area contributed by atoms with Gasteiger partial charge in [0.1, 0.15) is 5.75 Å². The Balaban J connectivity index is 2.51. The molecule has 1 rings (SSSR count). The molecular formula is C14H24O2Si. The highest BCUT2D eigenvalue weighted by atomic mass is 28.3.